The van der Waals surface area contributed by atoms with Gasteiger partial charge in [0, 0.05) is 33.3 Å². The number of pyridine rings is 1. The fourth-order valence-corrected chi connectivity index (χ4v) is 5.31. The number of amides is 1. The molecule has 3 N–H and O–H groups in total. The van der Waals surface area contributed by atoms with Crippen LogP contribution in [0.4, 0.5) is 5.69 Å². The highest BCUT2D eigenvalue weighted by Gasteiger charge is 2.16. The first kappa shape index (κ1) is 23.6. The Bertz CT molecular complexity index is 1840. The van der Waals surface area contributed by atoms with Crippen molar-refractivity contribution in [3.05, 3.63) is 77.9 Å². The van der Waals surface area contributed by atoms with Crippen LogP contribution in [-0.4, -0.2) is 31.9 Å². The summed E-state index contributed by atoms with van der Waals surface area (Å²) in [5.41, 5.74) is 6.89. The third-order valence-corrected chi connectivity index (χ3v) is 7.65. The SMILES string of the molecule is CC(=O)c1ccc(-c2cncc3[nH]c(-c4n[nH]c5ccc(-c6cc#cc(NC(=O)C(C)C)c6)cc45)cc23)s1. The zero-order chi connectivity index (χ0) is 26.4. The molecular formula is C30H23N5O2S. The number of carbonyl (C=O) groups excluding carboxylic acids is 2. The van der Waals surface area contributed by atoms with E-state index in [-0.39, 0.29) is 17.6 Å². The molecule has 4 aromatic heterocycles. The number of anilines is 1. The van der Waals surface area contributed by atoms with Crippen LogP contribution in [-0.2, 0) is 4.79 Å². The average Bonchev–Trinajstić information content (AvgIpc) is 3.66. The van der Waals surface area contributed by atoms with Crippen LogP contribution in [0.1, 0.15) is 30.4 Å². The van der Waals surface area contributed by atoms with Gasteiger partial charge in [-0.25, -0.2) is 0 Å². The van der Waals surface area contributed by atoms with Crippen LogP contribution in [0.25, 0.3) is 54.8 Å². The topological polar surface area (TPSA) is 104 Å². The molecule has 0 aliphatic carbocycles. The molecular weight excluding hydrogens is 494 g/mol. The molecule has 0 bridgehead atoms. The number of aromatic nitrogens is 4. The smallest absolute Gasteiger partial charge is 0.227 e. The van der Waals surface area contributed by atoms with Gasteiger partial charge in [0.05, 0.1) is 33.5 Å². The van der Waals surface area contributed by atoms with Crippen LogP contribution in [0.15, 0.2) is 60.9 Å². The molecule has 4 heterocycles. The molecule has 7 nitrogen and oxygen atoms in total. The normalized spacial score (nSPS) is 11.3. The van der Waals surface area contributed by atoms with Gasteiger partial charge < -0.3 is 10.3 Å². The van der Waals surface area contributed by atoms with E-state index in [1.165, 1.54) is 11.3 Å². The molecule has 0 atom stereocenters. The molecule has 0 aliphatic rings. The van der Waals surface area contributed by atoms with Crippen molar-refractivity contribution in [2.24, 2.45) is 5.92 Å². The van der Waals surface area contributed by atoms with Crippen LogP contribution >= 0.6 is 11.3 Å². The number of H-pyrrole nitrogens is 2. The molecule has 0 aliphatic heterocycles. The summed E-state index contributed by atoms with van der Waals surface area (Å²) in [6, 6.07) is 21.7. The molecule has 0 fully saturated rings. The quantitative estimate of drug-likeness (QED) is 0.209. The number of rotatable bonds is 6. The highest BCUT2D eigenvalue weighted by molar-refractivity contribution is 7.17. The first-order chi connectivity index (χ1) is 18.4. The number of nitrogens with zero attached hydrogens (tertiary/aromatic N) is 2. The highest BCUT2D eigenvalue weighted by Crippen LogP contribution is 2.37. The maximum Gasteiger partial charge on any atom is 0.227 e. The average molecular weight is 518 g/mol. The number of nitrogens with one attached hydrogen (secondary N) is 3. The fourth-order valence-electron chi connectivity index (χ4n) is 4.38. The van der Waals surface area contributed by atoms with Crippen LogP contribution in [0.5, 0.6) is 0 Å². The Morgan fingerprint density at radius 3 is 2.66 bits per heavy atom. The maximum atomic E-state index is 12.1. The minimum absolute atomic E-state index is 0.0540. The molecule has 186 valence electrons. The van der Waals surface area contributed by atoms with E-state index >= 15 is 0 Å². The Morgan fingerprint density at radius 1 is 1.00 bits per heavy atom. The molecule has 0 radical (unpaired) electrons. The van der Waals surface area contributed by atoms with Crippen molar-refractivity contribution in [3.63, 3.8) is 0 Å². The zero-order valence-corrected chi connectivity index (χ0v) is 21.8. The summed E-state index contributed by atoms with van der Waals surface area (Å²) in [6.45, 7) is 5.28. The summed E-state index contributed by atoms with van der Waals surface area (Å²) < 4.78 is 0. The van der Waals surface area contributed by atoms with Gasteiger partial charge in [-0.1, -0.05) is 26.0 Å². The van der Waals surface area contributed by atoms with Crippen LogP contribution in [0, 0.1) is 18.1 Å². The minimum atomic E-state index is -0.125. The lowest BCUT2D eigenvalue weighted by molar-refractivity contribution is -0.118. The van der Waals surface area contributed by atoms with Gasteiger partial charge >= 0.3 is 0 Å². The third kappa shape index (κ3) is 4.23. The Hall–Kier alpha value is -4.74. The van der Waals surface area contributed by atoms with Crippen LogP contribution in [0.2, 0.25) is 0 Å². The molecule has 0 saturated heterocycles. The van der Waals surface area contributed by atoms with Crippen molar-refractivity contribution < 1.29 is 9.59 Å². The molecule has 1 amide bonds. The molecule has 6 rings (SSSR count). The molecule has 0 spiro atoms. The summed E-state index contributed by atoms with van der Waals surface area (Å²) in [5.74, 6) is -0.134. The van der Waals surface area contributed by atoms with Gasteiger partial charge in [-0.2, -0.15) is 5.10 Å². The van der Waals surface area contributed by atoms with Crippen molar-refractivity contribution >= 4 is 50.5 Å². The Kier molecular flexibility index (Phi) is 5.78. The van der Waals surface area contributed by atoms with Crippen molar-refractivity contribution in [2.45, 2.75) is 20.8 Å². The number of thiophene rings is 1. The number of fused-ring (bicyclic) bond motifs is 2. The second-order valence-corrected chi connectivity index (χ2v) is 10.5. The van der Waals surface area contributed by atoms with E-state index in [4.69, 9.17) is 0 Å². The lowest BCUT2D eigenvalue weighted by Gasteiger charge is -2.07. The Balaban J connectivity index is 1.40. The fraction of sp³-hybridized carbons (Fsp3) is 0.133. The summed E-state index contributed by atoms with van der Waals surface area (Å²) >= 11 is 1.47. The monoisotopic (exact) mass is 517 g/mol. The van der Waals surface area contributed by atoms with E-state index in [1.54, 1.807) is 13.1 Å². The van der Waals surface area contributed by atoms with E-state index in [2.05, 4.69) is 49.7 Å². The summed E-state index contributed by atoms with van der Waals surface area (Å²) in [4.78, 5) is 33.6. The molecule has 38 heavy (non-hydrogen) atoms. The molecule has 6 aromatic rings. The lowest BCUT2D eigenvalue weighted by Crippen LogP contribution is -2.17. The predicted octanol–water partition coefficient (Wildman–Crippen LogP) is 6.90. The molecule has 2 aromatic carbocycles. The van der Waals surface area contributed by atoms with Gasteiger partial charge in [-0.3, -0.25) is 19.7 Å². The first-order valence-corrected chi connectivity index (χ1v) is 13.0. The second kappa shape index (κ2) is 9.29. The predicted molar refractivity (Wildman–Crippen MR) is 151 cm³/mol. The standard InChI is InChI=1S/C30H23N5O2S/c1-16(2)30(37)32-20-6-4-5-18(11-20)19-7-8-24-22(12-19)29(35-34-24)25-13-21-23(14-31-15-26(21)33-25)28-10-9-27(38-28)17(3)36/h5,7-16,33H,1-3H3,(H,32,37)(H,34,35). The summed E-state index contributed by atoms with van der Waals surface area (Å²) in [6.07, 6.45) is 3.63. The summed E-state index contributed by atoms with van der Waals surface area (Å²) in [7, 11) is 0. The summed E-state index contributed by atoms with van der Waals surface area (Å²) in [5, 5.41) is 12.6. The number of Topliss-reactive ketones (excluding diaryl/α,β-unsaturated/α-hetero) is 1. The van der Waals surface area contributed by atoms with Crippen LogP contribution < -0.4 is 5.32 Å². The van der Waals surface area contributed by atoms with E-state index < -0.39 is 0 Å². The van der Waals surface area contributed by atoms with Gasteiger partial charge in [-0.15, -0.1) is 11.3 Å². The van der Waals surface area contributed by atoms with Gasteiger partial charge in [0.15, 0.2) is 5.78 Å². The number of hydrogen-bond acceptors (Lipinski definition) is 5. The largest absolute Gasteiger partial charge is 0.352 e. The third-order valence-electron chi connectivity index (χ3n) is 6.43. The highest BCUT2D eigenvalue weighted by atomic mass is 32.1. The number of carbonyl (C=O) groups is 2. The zero-order valence-electron chi connectivity index (χ0n) is 21.0. The van der Waals surface area contributed by atoms with Gasteiger partial charge in [0.1, 0.15) is 5.69 Å². The molecule has 0 unspecified atom stereocenters. The lowest BCUT2D eigenvalue weighted by atomic mass is 10.0. The van der Waals surface area contributed by atoms with E-state index in [1.807, 2.05) is 56.4 Å². The van der Waals surface area contributed by atoms with E-state index in [0.29, 0.717) is 5.69 Å². The number of aromatic amines is 2. The van der Waals surface area contributed by atoms with Gasteiger partial charge in [0.25, 0.3) is 0 Å². The first-order valence-electron chi connectivity index (χ1n) is 12.2. The second-order valence-electron chi connectivity index (χ2n) is 9.45. The van der Waals surface area contributed by atoms with E-state index in [9.17, 15) is 9.59 Å². The Labute approximate surface area is 222 Å². The van der Waals surface area contributed by atoms with Crippen molar-refractivity contribution in [1.29, 1.82) is 0 Å². The number of benzene rings is 1. The van der Waals surface area contributed by atoms with Gasteiger partial charge in [-0.05, 0) is 66.6 Å². The maximum absolute atomic E-state index is 12.1. The molecule has 0 saturated carbocycles. The van der Waals surface area contributed by atoms with Gasteiger partial charge in [0.2, 0.25) is 5.91 Å². The van der Waals surface area contributed by atoms with Crippen molar-refractivity contribution in [2.75, 3.05) is 5.32 Å². The number of ketones is 1. The van der Waals surface area contributed by atoms with E-state index in [0.717, 1.165) is 59.6 Å². The Morgan fingerprint density at radius 2 is 1.87 bits per heavy atom. The van der Waals surface area contributed by atoms with Crippen LogP contribution in [0.3, 0.4) is 0 Å². The molecule has 8 heteroatoms. The number of hydrogen-bond donors (Lipinski definition) is 3. The van der Waals surface area contributed by atoms with Crippen molar-refractivity contribution in [1.82, 2.24) is 20.2 Å². The van der Waals surface area contributed by atoms with Crippen molar-refractivity contribution in [3.8, 4) is 33.0 Å². The minimum Gasteiger partial charge on any atom is -0.352 e.